The van der Waals surface area contributed by atoms with Crippen molar-refractivity contribution < 1.29 is 18.3 Å². The Morgan fingerprint density at radius 1 is 1.38 bits per heavy atom. The summed E-state index contributed by atoms with van der Waals surface area (Å²) in [4.78, 5) is 16.6. The van der Waals surface area contributed by atoms with E-state index in [2.05, 4.69) is 0 Å². The number of hydrogen-bond acceptors (Lipinski definition) is 6. The Bertz CT molecular complexity index is 509. The van der Waals surface area contributed by atoms with E-state index in [0.29, 0.717) is 6.08 Å². The minimum Gasteiger partial charge on any atom is -0.262 e. The average molecular weight is 269 g/mol. The molecule has 0 fully saturated rings. The van der Waals surface area contributed by atoms with E-state index < -0.39 is 35.9 Å². The molecular formula is C6H5ClN2O6S. The lowest BCUT2D eigenvalue weighted by atomic mass is 10.1. The second kappa shape index (κ2) is 3.83. The highest BCUT2D eigenvalue weighted by Gasteiger charge is 2.54. The monoisotopic (exact) mass is 268 g/mol. The maximum atomic E-state index is 11.1. The van der Waals surface area contributed by atoms with Crippen molar-refractivity contribution in [3.63, 3.8) is 0 Å². The Kier molecular flexibility index (Phi) is 3.01. The van der Waals surface area contributed by atoms with Crippen LogP contribution >= 0.6 is 10.7 Å². The van der Waals surface area contributed by atoms with Gasteiger partial charge in [-0.05, 0) is 0 Å². The molecule has 1 aliphatic carbocycles. The molecule has 0 saturated carbocycles. The summed E-state index contributed by atoms with van der Waals surface area (Å²) in [6.07, 6.45) is 1.56. The number of nitrogens with zero attached hydrogens (tertiary/aromatic N) is 2. The molecule has 0 N–H and O–H groups in total. The molecule has 0 radical (unpaired) electrons. The summed E-state index contributed by atoms with van der Waals surface area (Å²) in [5.41, 5.74) is -0.405. The molecule has 1 aliphatic rings. The smallest absolute Gasteiger partial charge is 0.262 e. The van der Waals surface area contributed by atoms with Crippen LogP contribution in [0, 0.1) is 20.2 Å². The van der Waals surface area contributed by atoms with E-state index in [4.69, 9.17) is 10.7 Å². The van der Waals surface area contributed by atoms with Crippen molar-refractivity contribution in [2.24, 2.45) is 0 Å². The molecule has 0 saturated heterocycles. The van der Waals surface area contributed by atoms with E-state index in [9.17, 15) is 28.6 Å². The highest BCUT2D eigenvalue weighted by molar-refractivity contribution is 8.14. The molecule has 8 nitrogen and oxygen atoms in total. The quantitative estimate of drug-likeness (QED) is 0.421. The summed E-state index contributed by atoms with van der Waals surface area (Å²) >= 11 is 0. The van der Waals surface area contributed by atoms with Gasteiger partial charge in [0.25, 0.3) is 5.70 Å². The summed E-state index contributed by atoms with van der Waals surface area (Å²) in [6.45, 7) is 0. The van der Waals surface area contributed by atoms with Crippen LogP contribution in [-0.4, -0.2) is 23.1 Å². The van der Waals surface area contributed by atoms with Crippen LogP contribution in [0.15, 0.2) is 23.9 Å². The Morgan fingerprint density at radius 3 is 2.19 bits per heavy atom. The van der Waals surface area contributed by atoms with E-state index in [1.165, 1.54) is 0 Å². The van der Waals surface area contributed by atoms with Crippen molar-refractivity contribution in [1.29, 1.82) is 0 Å². The fraction of sp³-hybridized carbons (Fsp3) is 0.333. The van der Waals surface area contributed by atoms with Crippen LogP contribution in [0.4, 0.5) is 0 Å². The van der Waals surface area contributed by atoms with E-state index in [-0.39, 0.29) is 0 Å². The summed E-state index contributed by atoms with van der Waals surface area (Å²) in [6, 6.07) is 0. The molecule has 0 aliphatic heterocycles. The summed E-state index contributed by atoms with van der Waals surface area (Å²) < 4.78 is 22.2. The SMILES string of the molecule is O=[N+]([O-])C1=CCC([N+](=O)[O-])(S(=O)(=O)Cl)C=C1. The van der Waals surface area contributed by atoms with Crippen molar-refractivity contribution in [1.82, 2.24) is 0 Å². The second-order valence-corrected chi connectivity index (χ2v) is 5.76. The fourth-order valence-electron chi connectivity index (χ4n) is 1.14. The largest absolute Gasteiger partial charge is 0.355 e. The normalized spacial score (nSPS) is 24.9. The van der Waals surface area contributed by atoms with Crippen LogP contribution in [0.3, 0.4) is 0 Å². The van der Waals surface area contributed by atoms with E-state index in [0.717, 1.165) is 12.2 Å². The minimum atomic E-state index is -4.52. The Morgan fingerprint density at radius 2 is 1.94 bits per heavy atom. The second-order valence-electron chi connectivity index (χ2n) is 2.96. The zero-order valence-electron chi connectivity index (χ0n) is 7.57. The predicted molar refractivity (Wildman–Crippen MR) is 53.3 cm³/mol. The van der Waals surface area contributed by atoms with Gasteiger partial charge in [0.2, 0.25) is 0 Å². The summed E-state index contributed by atoms with van der Waals surface area (Å²) in [5.74, 6) is 0. The fourth-order valence-corrected chi connectivity index (χ4v) is 2.35. The lowest BCUT2D eigenvalue weighted by Gasteiger charge is -2.18. The average Bonchev–Trinajstić information content (AvgIpc) is 2.15. The highest BCUT2D eigenvalue weighted by Crippen LogP contribution is 2.32. The molecule has 1 atom stereocenters. The van der Waals surface area contributed by atoms with Crippen LogP contribution in [-0.2, 0) is 9.05 Å². The minimum absolute atomic E-state index is 0.405. The Hall–Kier alpha value is -1.48. The molecule has 1 unspecified atom stereocenters. The molecule has 0 aromatic carbocycles. The lowest BCUT2D eigenvalue weighted by molar-refractivity contribution is -0.526. The van der Waals surface area contributed by atoms with Crippen molar-refractivity contribution in [3.05, 3.63) is 44.2 Å². The first-order valence-corrected chi connectivity index (χ1v) is 6.14. The first kappa shape index (κ1) is 12.6. The molecule has 88 valence electrons. The maximum Gasteiger partial charge on any atom is 0.355 e. The van der Waals surface area contributed by atoms with E-state index in [1.54, 1.807) is 0 Å². The van der Waals surface area contributed by atoms with Gasteiger partial charge in [-0.1, -0.05) is 0 Å². The van der Waals surface area contributed by atoms with Crippen LogP contribution in [0.5, 0.6) is 0 Å². The molecule has 0 bridgehead atoms. The molecule has 0 aromatic heterocycles. The molecule has 0 aromatic rings. The number of hydrogen-bond donors (Lipinski definition) is 0. The summed E-state index contributed by atoms with van der Waals surface area (Å²) in [5, 5.41) is 21.0. The third-order valence-corrected chi connectivity index (χ3v) is 4.16. The summed E-state index contributed by atoms with van der Waals surface area (Å²) in [7, 11) is 0.454. The van der Waals surface area contributed by atoms with Crippen molar-refractivity contribution in [3.8, 4) is 0 Å². The van der Waals surface area contributed by atoms with Gasteiger partial charge in [0, 0.05) is 33.8 Å². The zero-order chi connectivity index (χ0) is 12.6. The van der Waals surface area contributed by atoms with Gasteiger partial charge in [-0.15, -0.1) is 0 Å². The maximum absolute atomic E-state index is 11.1. The van der Waals surface area contributed by atoms with Gasteiger partial charge in [0.15, 0.2) is 0 Å². The standard InChI is InChI=1S/C6H5ClN2O6S/c7-16(14,15)6(9(12)13)3-1-5(2-4-6)8(10)11/h1-3H,4H2. The van der Waals surface area contributed by atoms with Gasteiger partial charge >= 0.3 is 13.9 Å². The van der Waals surface area contributed by atoms with Gasteiger partial charge in [-0.2, -0.15) is 0 Å². The van der Waals surface area contributed by atoms with Crippen LogP contribution < -0.4 is 0 Å². The van der Waals surface area contributed by atoms with Gasteiger partial charge in [-0.25, -0.2) is 8.42 Å². The first-order chi connectivity index (χ1) is 7.21. The molecule has 0 spiro atoms. The molecule has 0 heterocycles. The van der Waals surface area contributed by atoms with E-state index >= 15 is 0 Å². The third kappa shape index (κ3) is 1.91. The Balaban J connectivity index is 3.22. The molecule has 1 rings (SSSR count). The van der Waals surface area contributed by atoms with E-state index in [1.807, 2.05) is 0 Å². The molecule has 0 amide bonds. The predicted octanol–water partition coefficient (Wildman–Crippen LogP) is 0.648. The third-order valence-electron chi connectivity index (χ3n) is 2.06. The van der Waals surface area contributed by atoms with Crippen LogP contribution in [0.2, 0.25) is 0 Å². The van der Waals surface area contributed by atoms with Gasteiger partial charge in [-0.3, -0.25) is 20.2 Å². The molecule has 10 heteroatoms. The lowest BCUT2D eigenvalue weighted by Crippen LogP contribution is -2.42. The van der Waals surface area contributed by atoms with Crippen LogP contribution in [0.25, 0.3) is 0 Å². The van der Waals surface area contributed by atoms with Gasteiger partial charge in [0.1, 0.15) is 0 Å². The number of rotatable bonds is 3. The number of halogens is 1. The number of nitro groups is 2. The molecule has 16 heavy (non-hydrogen) atoms. The topological polar surface area (TPSA) is 120 Å². The van der Waals surface area contributed by atoms with Crippen molar-refractivity contribution >= 4 is 19.7 Å². The van der Waals surface area contributed by atoms with Crippen molar-refractivity contribution in [2.75, 3.05) is 0 Å². The zero-order valence-corrected chi connectivity index (χ0v) is 9.14. The number of allylic oxidation sites excluding steroid dienone is 1. The Labute approximate surface area is 93.9 Å². The first-order valence-electron chi connectivity index (χ1n) is 3.83. The van der Waals surface area contributed by atoms with Crippen LogP contribution in [0.1, 0.15) is 6.42 Å². The van der Waals surface area contributed by atoms with Crippen molar-refractivity contribution in [2.45, 2.75) is 11.3 Å². The highest BCUT2D eigenvalue weighted by atomic mass is 35.7. The van der Waals surface area contributed by atoms with Gasteiger partial charge in [0.05, 0.1) is 11.3 Å². The molecular weight excluding hydrogens is 264 g/mol. The van der Waals surface area contributed by atoms with Gasteiger partial charge < -0.3 is 0 Å².